The van der Waals surface area contributed by atoms with E-state index < -0.39 is 5.25 Å². The maximum absolute atomic E-state index is 13.1. The zero-order valence-corrected chi connectivity index (χ0v) is 18.6. The van der Waals surface area contributed by atoms with Gasteiger partial charge in [-0.2, -0.15) is 4.68 Å². The highest BCUT2D eigenvalue weighted by Gasteiger charge is 2.23. The van der Waals surface area contributed by atoms with Gasteiger partial charge in [-0.1, -0.05) is 72.4 Å². The van der Waals surface area contributed by atoms with Crippen molar-refractivity contribution >= 4 is 17.7 Å². The number of amides is 1. The van der Waals surface area contributed by atoms with E-state index in [1.165, 1.54) is 11.8 Å². The van der Waals surface area contributed by atoms with Crippen molar-refractivity contribution in [2.75, 3.05) is 7.11 Å². The Kier molecular flexibility index (Phi) is 6.81. The van der Waals surface area contributed by atoms with Crippen LogP contribution >= 0.6 is 11.8 Å². The zero-order chi connectivity index (χ0) is 22.3. The molecule has 0 saturated carbocycles. The van der Waals surface area contributed by atoms with Gasteiger partial charge < -0.3 is 10.1 Å². The summed E-state index contributed by atoms with van der Waals surface area (Å²) in [5.41, 5.74) is 2.83. The summed E-state index contributed by atoms with van der Waals surface area (Å²) in [7, 11) is 1.62. The Labute approximate surface area is 190 Å². The lowest BCUT2D eigenvalue weighted by Crippen LogP contribution is -2.35. The molecule has 4 aromatic rings. The lowest BCUT2D eigenvalue weighted by Gasteiger charge is -2.22. The molecule has 32 heavy (non-hydrogen) atoms. The zero-order valence-electron chi connectivity index (χ0n) is 17.8. The van der Waals surface area contributed by atoms with Crippen LogP contribution < -0.4 is 10.1 Å². The average molecular weight is 446 g/mol. The van der Waals surface area contributed by atoms with Gasteiger partial charge in [0.2, 0.25) is 11.1 Å². The second-order valence-electron chi connectivity index (χ2n) is 7.09. The van der Waals surface area contributed by atoms with Crippen molar-refractivity contribution in [3.05, 3.63) is 96.1 Å². The molecule has 0 aliphatic rings. The summed E-state index contributed by atoms with van der Waals surface area (Å²) in [6.07, 6.45) is 0. The number of carbonyl (C=O) groups excluding carboxylic acids is 1. The molecule has 0 bridgehead atoms. The Morgan fingerprint density at radius 1 is 0.938 bits per heavy atom. The highest BCUT2D eigenvalue weighted by molar-refractivity contribution is 8.00. The molecular formula is C24H23N5O2S. The molecule has 1 N–H and O–H groups in total. The maximum Gasteiger partial charge on any atom is 0.234 e. The minimum Gasteiger partial charge on any atom is -0.497 e. The summed E-state index contributed by atoms with van der Waals surface area (Å²) in [5.74, 6) is 0.647. The fraction of sp³-hybridized carbons (Fsp3) is 0.167. The number of aromatic nitrogens is 4. The Bertz CT molecular complexity index is 1110. The Morgan fingerprint density at radius 3 is 2.09 bits per heavy atom. The molecule has 1 atom stereocenters. The molecule has 1 amide bonds. The van der Waals surface area contributed by atoms with E-state index in [2.05, 4.69) is 20.8 Å². The lowest BCUT2D eigenvalue weighted by atomic mass is 9.98. The van der Waals surface area contributed by atoms with E-state index in [1.54, 1.807) is 11.8 Å². The van der Waals surface area contributed by atoms with Gasteiger partial charge in [0.1, 0.15) is 5.75 Å². The second-order valence-corrected chi connectivity index (χ2v) is 8.40. The standard InChI is InChI=1S/C24H23N5O2S/c1-17(32-24-26-27-28-29(24)20-13-15-21(31-2)16-14-20)23(30)25-22(18-9-5-3-6-10-18)19-11-7-4-8-12-19/h3-17,22H,1-2H3,(H,25,30)/t17-/m0/s1. The van der Waals surface area contributed by atoms with Gasteiger partial charge in [-0.25, -0.2) is 0 Å². The first-order chi connectivity index (χ1) is 15.7. The quantitative estimate of drug-likeness (QED) is 0.412. The molecule has 0 unspecified atom stereocenters. The predicted molar refractivity (Wildman–Crippen MR) is 124 cm³/mol. The third kappa shape index (κ3) is 4.97. The molecule has 1 heterocycles. The molecule has 8 heteroatoms. The predicted octanol–water partition coefficient (Wildman–Crippen LogP) is 4.06. The van der Waals surface area contributed by atoms with E-state index in [4.69, 9.17) is 4.74 Å². The van der Waals surface area contributed by atoms with Crippen LogP contribution in [-0.2, 0) is 4.79 Å². The normalized spacial score (nSPS) is 11.8. The summed E-state index contributed by atoms with van der Waals surface area (Å²) in [6.45, 7) is 1.85. The van der Waals surface area contributed by atoms with E-state index in [9.17, 15) is 4.79 Å². The summed E-state index contributed by atoms with van der Waals surface area (Å²) >= 11 is 1.31. The van der Waals surface area contributed by atoms with Gasteiger partial charge >= 0.3 is 0 Å². The number of rotatable bonds is 8. The van der Waals surface area contributed by atoms with Crippen molar-refractivity contribution in [2.45, 2.75) is 23.4 Å². The first-order valence-electron chi connectivity index (χ1n) is 10.2. The molecule has 0 fully saturated rings. The number of thioether (sulfide) groups is 1. The van der Waals surface area contributed by atoms with Crippen molar-refractivity contribution in [1.29, 1.82) is 0 Å². The van der Waals surface area contributed by atoms with Crippen molar-refractivity contribution < 1.29 is 9.53 Å². The van der Waals surface area contributed by atoms with Gasteiger partial charge in [0.15, 0.2) is 0 Å². The number of carbonyl (C=O) groups is 1. The first-order valence-corrected chi connectivity index (χ1v) is 11.0. The van der Waals surface area contributed by atoms with Crippen LogP contribution in [0.15, 0.2) is 90.1 Å². The van der Waals surface area contributed by atoms with Crippen molar-refractivity contribution in [2.24, 2.45) is 0 Å². The lowest BCUT2D eigenvalue weighted by molar-refractivity contribution is -0.120. The van der Waals surface area contributed by atoms with Crippen LogP contribution in [0.4, 0.5) is 0 Å². The molecule has 0 radical (unpaired) electrons. The summed E-state index contributed by atoms with van der Waals surface area (Å²) < 4.78 is 6.81. The van der Waals surface area contributed by atoms with Gasteiger partial charge in [0.05, 0.1) is 24.1 Å². The number of hydrogen-bond donors (Lipinski definition) is 1. The van der Waals surface area contributed by atoms with Crippen LogP contribution in [0.5, 0.6) is 5.75 Å². The van der Waals surface area contributed by atoms with Crippen LogP contribution in [0.2, 0.25) is 0 Å². The van der Waals surface area contributed by atoms with Crippen LogP contribution in [0.25, 0.3) is 5.69 Å². The number of nitrogens with one attached hydrogen (secondary N) is 1. The minimum atomic E-state index is -0.409. The molecule has 0 saturated heterocycles. The molecule has 3 aromatic carbocycles. The second kappa shape index (κ2) is 10.1. The summed E-state index contributed by atoms with van der Waals surface area (Å²) in [6, 6.07) is 27.0. The minimum absolute atomic E-state index is 0.100. The van der Waals surface area contributed by atoms with Crippen LogP contribution in [0.3, 0.4) is 0 Å². The van der Waals surface area contributed by atoms with E-state index in [1.807, 2.05) is 91.9 Å². The highest BCUT2D eigenvalue weighted by Crippen LogP contribution is 2.26. The number of tetrazole rings is 1. The monoisotopic (exact) mass is 445 g/mol. The van der Waals surface area contributed by atoms with Crippen LogP contribution in [0, 0.1) is 0 Å². The van der Waals surface area contributed by atoms with Crippen molar-refractivity contribution in [1.82, 2.24) is 25.5 Å². The maximum atomic E-state index is 13.1. The fourth-order valence-corrected chi connectivity index (χ4v) is 4.08. The van der Waals surface area contributed by atoms with E-state index >= 15 is 0 Å². The van der Waals surface area contributed by atoms with E-state index in [0.717, 1.165) is 22.6 Å². The van der Waals surface area contributed by atoms with Crippen molar-refractivity contribution in [3.63, 3.8) is 0 Å². The SMILES string of the molecule is COc1ccc(-n2nnnc2S[C@@H](C)C(=O)NC(c2ccccc2)c2ccccc2)cc1. The topological polar surface area (TPSA) is 81.9 Å². The van der Waals surface area contributed by atoms with Crippen LogP contribution in [-0.4, -0.2) is 38.5 Å². The van der Waals surface area contributed by atoms with E-state index in [-0.39, 0.29) is 11.9 Å². The van der Waals surface area contributed by atoms with E-state index in [0.29, 0.717) is 5.16 Å². The van der Waals surface area contributed by atoms with Crippen LogP contribution in [0.1, 0.15) is 24.1 Å². The Hall–Kier alpha value is -3.65. The summed E-state index contributed by atoms with van der Waals surface area (Å²) in [5, 5.41) is 15.3. The van der Waals surface area contributed by atoms with Gasteiger partial charge in [0, 0.05) is 0 Å². The molecule has 0 spiro atoms. The third-order valence-corrected chi connectivity index (χ3v) is 5.99. The molecule has 162 valence electrons. The van der Waals surface area contributed by atoms with Gasteiger partial charge in [0.25, 0.3) is 0 Å². The largest absolute Gasteiger partial charge is 0.497 e. The van der Waals surface area contributed by atoms with Gasteiger partial charge in [-0.3, -0.25) is 4.79 Å². The summed E-state index contributed by atoms with van der Waals surface area (Å²) in [4.78, 5) is 13.1. The Morgan fingerprint density at radius 2 is 1.53 bits per heavy atom. The van der Waals surface area contributed by atoms with Gasteiger partial charge in [-0.05, 0) is 52.7 Å². The number of ether oxygens (including phenoxy) is 1. The smallest absolute Gasteiger partial charge is 0.234 e. The number of methoxy groups -OCH3 is 1. The fourth-order valence-electron chi connectivity index (χ4n) is 3.26. The highest BCUT2D eigenvalue weighted by atomic mass is 32.2. The molecule has 1 aromatic heterocycles. The first kappa shape index (κ1) is 21.6. The average Bonchev–Trinajstić information content (AvgIpc) is 3.31. The van der Waals surface area contributed by atoms with Crippen molar-refractivity contribution in [3.8, 4) is 11.4 Å². The number of hydrogen-bond acceptors (Lipinski definition) is 6. The van der Waals surface area contributed by atoms with Gasteiger partial charge in [-0.15, -0.1) is 5.10 Å². The molecular weight excluding hydrogens is 422 g/mol. The Balaban J connectivity index is 1.51. The number of benzene rings is 3. The third-order valence-electron chi connectivity index (χ3n) is 4.96. The molecule has 4 rings (SSSR count). The molecule has 7 nitrogen and oxygen atoms in total. The molecule has 0 aliphatic carbocycles. The molecule has 0 aliphatic heterocycles. The number of nitrogens with zero attached hydrogens (tertiary/aromatic N) is 4.